The van der Waals surface area contributed by atoms with Crippen molar-refractivity contribution in [1.82, 2.24) is 10.2 Å². The van der Waals surface area contributed by atoms with Gasteiger partial charge in [0.15, 0.2) is 8.32 Å². The molecule has 2 aliphatic rings. The van der Waals surface area contributed by atoms with Gasteiger partial charge in [0.25, 0.3) is 12.4 Å². The number of rotatable bonds is 7. The first-order valence-corrected chi connectivity index (χ1v) is 16.6. The van der Waals surface area contributed by atoms with Crippen molar-refractivity contribution < 1.29 is 28.2 Å². The van der Waals surface area contributed by atoms with Crippen LogP contribution in [0.1, 0.15) is 56.3 Å². The first-order chi connectivity index (χ1) is 18.5. The fourth-order valence-electron chi connectivity index (χ4n) is 4.89. The Labute approximate surface area is 232 Å². The molecule has 0 aromatic heterocycles. The number of halogens is 1. The van der Waals surface area contributed by atoms with Gasteiger partial charge in [-0.15, -0.1) is 0 Å². The van der Waals surface area contributed by atoms with Crippen molar-refractivity contribution in [3.05, 3.63) is 71.0 Å². The van der Waals surface area contributed by atoms with E-state index in [2.05, 4.69) is 51.3 Å². The standard InChI is InChI=1S/C29H41FN2O3Si.CH2O2/c1-29(2,3)36(4,5)35-19-17-31-24-14-15-26(34-20-24)28(33)32-18-16-21-8-6-7-9-25(21)27(32)22-10-12-23(30)13-11-22;2-1-3/h6-13,24,26-27,31H,14-20H2,1-5H3;1H,(H,2,3)/t24-,26-,27+;/m1./s1. The van der Waals surface area contributed by atoms with Crippen LogP contribution in [-0.2, 0) is 25.2 Å². The first kappa shape index (κ1) is 30.9. The Bertz CT molecular complexity index is 1080. The number of carbonyl (C=O) groups excluding carboxylic acids is 1. The van der Waals surface area contributed by atoms with Gasteiger partial charge in [0.05, 0.1) is 12.6 Å². The molecule has 0 spiro atoms. The summed E-state index contributed by atoms with van der Waals surface area (Å²) in [6.07, 6.45) is 1.94. The lowest BCUT2D eigenvalue weighted by molar-refractivity contribution is -0.149. The lowest BCUT2D eigenvalue weighted by Crippen LogP contribution is -2.50. The number of fused-ring (bicyclic) bond motifs is 1. The van der Waals surface area contributed by atoms with E-state index in [9.17, 15) is 9.18 Å². The molecule has 0 unspecified atom stereocenters. The molecule has 0 radical (unpaired) electrons. The molecule has 0 aliphatic carbocycles. The number of nitrogens with zero attached hydrogens (tertiary/aromatic N) is 1. The number of hydrogen-bond donors (Lipinski definition) is 2. The van der Waals surface area contributed by atoms with Crippen LogP contribution in [-0.4, -0.2) is 69.2 Å². The van der Waals surface area contributed by atoms with Gasteiger partial charge in [0.1, 0.15) is 11.9 Å². The maximum absolute atomic E-state index is 13.7. The average Bonchev–Trinajstić information content (AvgIpc) is 2.91. The van der Waals surface area contributed by atoms with Gasteiger partial charge in [0.2, 0.25) is 0 Å². The van der Waals surface area contributed by atoms with Crippen LogP contribution in [0, 0.1) is 5.82 Å². The van der Waals surface area contributed by atoms with Crippen LogP contribution in [0.3, 0.4) is 0 Å². The minimum absolute atomic E-state index is 0.0264. The predicted octanol–water partition coefficient (Wildman–Crippen LogP) is 5.16. The highest BCUT2D eigenvalue weighted by Crippen LogP contribution is 2.37. The molecule has 0 bridgehead atoms. The Kier molecular flexibility index (Phi) is 10.8. The van der Waals surface area contributed by atoms with Gasteiger partial charge >= 0.3 is 0 Å². The summed E-state index contributed by atoms with van der Waals surface area (Å²) >= 11 is 0. The minimum Gasteiger partial charge on any atom is -0.483 e. The normalized spacial score (nSPS) is 21.4. The maximum Gasteiger partial charge on any atom is 0.290 e. The van der Waals surface area contributed by atoms with Crippen molar-refractivity contribution in [3.8, 4) is 0 Å². The topological polar surface area (TPSA) is 88.1 Å². The van der Waals surface area contributed by atoms with Crippen molar-refractivity contribution in [2.24, 2.45) is 0 Å². The van der Waals surface area contributed by atoms with E-state index in [4.69, 9.17) is 19.1 Å². The Morgan fingerprint density at radius 3 is 2.46 bits per heavy atom. The average molecular weight is 559 g/mol. The molecular formula is C30H43FN2O5Si. The van der Waals surface area contributed by atoms with E-state index >= 15 is 0 Å². The summed E-state index contributed by atoms with van der Waals surface area (Å²) in [6, 6.07) is 14.8. The minimum atomic E-state index is -1.74. The molecule has 1 saturated heterocycles. The van der Waals surface area contributed by atoms with Gasteiger partial charge in [-0.25, -0.2) is 4.39 Å². The van der Waals surface area contributed by atoms with E-state index in [0.717, 1.165) is 30.5 Å². The van der Waals surface area contributed by atoms with E-state index in [1.165, 1.54) is 17.7 Å². The summed E-state index contributed by atoms with van der Waals surface area (Å²) in [5.41, 5.74) is 3.28. The van der Waals surface area contributed by atoms with Gasteiger partial charge in [-0.3, -0.25) is 9.59 Å². The van der Waals surface area contributed by atoms with Gasteiger partial charge in [-0.1, -0.05) is 57.2 Å². The summed E-state index contributed by atoms with van der Waals surface area (Å²) in [5.74, 6) is -0.247. The number of nitrogens with one attached hydrogen (secondary N) is 1. The fourth-order valence-corrected chi connectivity index (χ4v) is 5.93. The third-order valence-corrected chi connectivity index (χ3v) is 12.6. The van der Waals surface area contributed by atoms with Gasteiger partial charge in [0, 0.05) is 25.7 Å². The Morgan fingerprint density at radius 1 is 1.18 bits per heavy atom. The lowest BCUT2D eigenvalue weighted by atomic mass is 9.87. The van der Waals surface area contributed by atoms with E-state index in [1.807, 2.05) is 17.0 Å². The summed E-state index contributed by atoms with van der Waals surface area (Å²) < 4.78 is 26.0. The molecule has 4 rings (SSSR count). The van der Waals surface area contributed by atoms with Crippen LogP contribution in [0.15, 0.2) is 48.5 Å². The maximum atomic E-state index is 13.7. The highest BCUT2D eigenvalue weighted by molar-refractivity contribution is 6.74. The summed E-state index contributed by atoms with van der Waals surface area (Å²) in [6.45, 7) is 13.7. The monoisotopic (exact) mass is 558 g/mol. The number of hydrogen-bond acceptors (Lipinski definition) is 5. The van der Waals surface area contributed by atoms with Crippen molar-refractivity contribution in [2.75, 3.05) is 26.3 Å². The molecule has 214 valence electrons. The lowest BCUT2D eigenvalue weighted by Gasteiger charge is -2.40. The molecule has 2 aromatic carbocycles. The zero-order valence-corrected chi connectivity index (χ0v) is 24.8. The SMILES string of the molecule is CC(C)(C)[Si](C)(C)OCCN[C@@H]1CC[C@H](C(=O)N2CCc3ccccc3[C@@H]2c2ccc(F)cc2)OC1.O=CO. The molecule has 0 saturated carbocycles. The van der Waals surface area contributed by atoms with E-state index in [-0.39, 0.29) is 35.3 Å². The van der Waals surface area contributed by atoms with Gasteiger partial charge in [-0.2, -0.15) is 0 Å². The molecule has 2 aliphatic heterocycles. The highest BCUT2D eigenvalue weighted by Gasteiger charge is 2.38. The summed E-state index contributed by atoms with van der Waals surface area (Å²) in [5, 5.41) is 10.6. The number of carbonyl (C=O) groups is 2. The first-order valence-electron chi connectivity index (χ1n) is 13.7. The largest absolute Gasteiger partial charge is 0.483 e. The van der Waals surface area contributed by atoms with E-state index in [1.54, 1.807) is 12.1 Å². The van der Waals surface area contributed by atoms with Crippen LogP contribution >= 0.6 is 0 Å². The van der Waals surface area contributed by atoms with Crippen LogP contribution in [0.5, 0.6) is 0 Å². The Morgan fingerprint density at radius 2 is 1.85 bits per heavy atom. The smallest absolute Gasteiger partial charge is 0.290 e. The highest BCUT2D eigenvalue weighted by atomic mass is 28.4. The summed E-state index contributed by atoms with van der Waals surface area (Å²) in [4.78, 5) is 24.0. The number of amides is 1. The third-order valence-electron chi connectivity index (χ3n) is 8.11. The zero-order chi connectivity index (χ0) is 28.6. The molecule has 1 fully saturated rings. The Balaban J connectivity index is 0.00000134. The van der Waals surface area contributed by atoms with Gasteiger partial charge in [-0.05, 0) is 66.2 Å². The van der Waals surface area contributed by atoms with Crippen LogP contribution in [0.2, 0.25) is 18.1 Å². The molecule has 2 N–H and O–H groups in total. The van der Waals surface area contributed by atoms with Crippen molar-refractivity contribution in [3.63, 3.8) is 0 Å². The molecule has 7 nitrogen and oxygen atoms in total. The van der Waals surface area contributed by atoms with Crippen molar-refractivity contribution in [1.29, 1.82) is 0 Å². The van der Waals surface area contributed by atoms with Crippen LogP contribution in [0.4, 0.5) is 4.39 Å². The fraction of sp³-hybridized carbons (Fsp3) is 0.533. The van der Waals surface area contributed by atoms with Crippen LogP contribution < -0.4 is 5.32 Å². The molecule has 9 heteroatoms. The molecule has 39 heavy (non-hydrogen) atoms. The third kappa shape index (κ3) is 7.97. The number of benzene rings is 2. The summed E-state index contributed by atoms with van der Waals surface area (Å²) in [7, 11) is -1.74. The molecule has 2 heterocycles. The van der Waals surface area contributed by atoms with Crippen LogP contribution in [0.25, 0.3) is 0 Å². The zero-order valence-electron chi connectivity index (χ0n) is 23.8. The second kappa shape index (κ2) is 13.7. The van der Waals surface area contributed by atoms with Crippen molar-refractivity contribution in [2.45, 2.75) is 76.4 Å². The molecular weight excluding hydrogens is 515 g/mol. The van der Waals surface area contributed by atoms with Crippen molar-refractivity contribution >= 4 is 20.7 Å². The molecule has 2 aromatic rings. The number of ether oxygens (including phenoxy) is 1. The second-order valence-corrected chi connectivity index (χ2v) is 16.5. The Hall–Kier alpha value is -2.59. The quantitative estimate of drug-likeness (QED) is 0.277. The van der Waals surface area contributed by atoms with Gasteiger partial charge < -0.3 is 24.5 Å². The number of carboxylic acid groups (broad SMARTS) is 1. The van der Waals surface area contributed by atoms with E-state index in [0.29, 0.717) is 26.2 Å². The second-order valence-electron chi connectivity index (χ2n) is 11.7. The molecule has 1 amide bonds. The van der Waals surface area contributed by atoms with E-state index < -0.39 is 14.4 Å². The molecule has 3 atom stereocenters. The predicted molar refractivity (Wildman–Crippen MR) is 153 cm³/mol.